The maximum Gasteiger partial charge on any atom is 0.118 e. The average Bonchev–Trinajstić information content (AvgIpc) is 3.09. The first-order chi connectivity index (χ1) is 11.3. The van der Waals surface area contributed by atoms with Gasteiger partial charge in [0.05, 0.1) is 19.8 Å². The fourth-order valence-electron chi connectivity index (χ4n) is 3.32. The van der Waals surface area contributed by atoms with Crippen LogP contribution in [0.5, 0.6) is 5.75 Å². The van der Waals surface area contributed by atoms with Crippen LogP contribution in [-0.2, 0) is 17.7 Å². The molecule has 1 saturated heterocycles. The van der Waals surface area contributed by atoms with E-state index in [1.54, 1.807) is 18.4 Å². The van der Waals surface area contributed by atoms with E-state index in [2.05, 4.69) is 22.0 Å². The largest absolute Gasteiger partial charge is 0.497 e. The Balaban J connectivity index is 1.63. The average molecular weight is 332 g/mol. The van der Waals surface area contributed by atoms with Gasteiger partial charge < -0.3 is 9.47 Å². The topological polar surface area (TPSA) is 34.6 Å². The van der Waals surface area contributed by atoms with E-state index < -0.39 is 0 Å². The highest BCUT2D eigenvalue weighted by molar-refractivity contribution is 7.09. The molecule has 0 amide bonds. The molecule has 2 aromatic rings. The lowest BCUT2D eigenvalue weighted by Gasteiger charge is -2.37. The van der Waals surface area contributed by atoms with Gasteiger partial charge >= 0.3 is 0 Å². The van der Waals surface area contributed by atoms with Gasteiger partial charge in [-0.15, -0.1) is 11.3 Å². The summed E-state index contributed by atoms with van der Waals surface area (Å²) in [6.45, 7) is 3.09. The number of rotatable bonds is 6. The van der Waals surface area contributed by atoms with Crippen molar-refractivity contribution in [3.8, 4) is 5.75 Å². The minimum Gasteiger partial charge on any atom is -0.497 e. The molecule has 1 aromatic heterocycles. The van der Waals surface area contributed by atoms with E-state index in [0.29, 0.717) is 12.0 Å². The van der Waals surface area contributed by atoms with Crippen molar-refractivity contribution in [3.05, 3.63) is 46.4 Å². The summed E-state index contributed by atoms with van der Waals surface area (Å²) in [7, 11) is 3.54. The molecule has 0 radical (unpaired) electrons. The summed E-state index contributed by atoms with van der Waals surface area (Å²) < 4.78 is 11.0. The molecule has 1 aromatic carbocycles. The summed E-state index contributed by atoms with van der Waals surface area (Å²) in [6.07, 6.45) is 4.35. The summed E-state index contributed by atoms with van der Waals surface area (Å²) in [4.78, 5) is 6.91. The van der Waals surface area contributed by atoms with E-state index in [1.807, 2.05) is 30.8 Å². The van der Waals surface area contributed by atoms with Crippen molar-refractivity contribution in [1.29, 1.82) is 0 Å². The number of likely N-dealkylation sites (tertiary alicyclic amines) is 1. The van der Waals surface area contributed by atoms with Gasteiger partial charge in [0.15, 0.2) is 0 Å². The fraction of sp³-hybridized carbons (Fsp3) is 0.500. The normalized spacial score (nSPS) is 22.2. The van der Waals surface area contributed by atoms with Gasteiger partial charge in [0.2, 0.25) is 0 Å². The third-order valence-corrected chi connectivity index (χ3v) is 5.31. The quantitative estimate of drug-likeness (QED) is 0.813. The molecule has 0 unspecified atom stereocenters. The zero-order chi connectivity index (χ0) is 16.1. The predicted molar refractivity (Wildman–Crippen MR) is 93.0 cm³/mol. The van der Waals surface area contributed by atoms with E-state index in [1.165, 1.54) is 10.6 Å². The Hall–Kier alpha value is -1.43. The molecule has 2 atom stereocenters. The number of nitrogens with zero attached hydrogens (tertiary/aromatic N) is 2. The van der Waals surface area contributed by atoms with Crippen LogP contribution < -0.4 is 4.74 Å². The number of hydrogen-bond acceptors (Lipinski definition) is 5. The number of thiazole rings is 1. The predicted octanol–water partition coefficient (Wildman–Crippen LogP) is 3.23. The van der Waals surface area contributed by atoms with Crippen LogP contribution in [0.2, 0.25) is 0 Å². The minimum atomic E-state index is 0.338. The van der Waals surface area contributed by atoms with Gasteiger partial charge in [-0.05, 0) is 30.5 Å². The second-order valence-corrected chi connectivity index (χ2v) is 7.02. The molecule has 5 heteroatoms. The smallest absolute Gasteiger partial charge is 0.118 e. The van der Waals surface area contributed by atoms with Crippen molar-refractivity contribution >= 4 is 11.3 Å². The first kappa shape index (κ1) is 16.4. The minimum absolute atomic E-state index is 0.338. The Morgan fingerprint density at radius 3 is 2.74 bits per heavy atom. The van der Waals surface area contributed by atoms with Gasteiger partial charge in [-0.1, -0.05) is 12.1 Å². The highest BCUT2D eigenvalue weighted by Crippen LogP contribution is 2.26. The number of benzene rings is 1. The Morgan fingerprint density at radius 1 is 1.26 bits per heavy atom. The molecular formula is C18H24N2O2S. The van der Waals surface area contributed by atoms with Crippen molar-refractivity contribution in [2.75, 3.05) is 27.3 Å². The molecule has 1 aliphatic heterocycles. The van der Waals surface area contributed by atoms with Crippen molar-refractivity contribution in [1.82, 2.24) is 9.88 Å². The van der Waals surface area contributed by atoms with Crippen LogP contribution in [-0.4, -0.2) is 43.3 Å². The summed E-state index contributed by atoms with van der Waals surface area (Å²) >= 11 is 1.73. The zero-order valence-electron chi connectivity index (χ0n) is 13.8. The van der Waals surface area contributed by atoms with Crippen LogP contribution in [0.4, 0.5) is 0 Å². The van der Waals surface area contributed by atoms with Crippen LogP contribution in [0.25, 0.3) is 0 Å². The van der Waals surface area contributed by atoms with Gasteiger partial charge in [0, 0.05) is 37.7 Å². The Labute approximate surface area is 142 Å². The lowest BCUT2D eigenvalue weighted by Crippen LogP contribution is -2.44. The summed E-state index contributed by atoms with van der Waals surface area (Å²) in [5.41, 5.74) is 1.34. The molecule has 1 aliphatic rings. The van der Waals surface area contributed by atoms with Crippen molar-refractivity contribution in [2.45, 2.75) is 25.5 Å². The van der Waals surface area contributed by atoms with Gasteiger partial charge in [0.1, 0.15) is 10.8 Å². The van der Waals surface area contributed by atoms with Crippen LogP contribution in [0.3, 0.4) is 0 Å². The maximum atomic E-state index is 5.74. The first-order valence-electron chi connectivity index (χ1n) is 8.05. The summed E-state index contributed by atoms with van der Waals surface area (Å²) in [5.74, 6) is 1.42. The van der Waals surface area contributed by atoms with Crippen LogP contribution >= 0.6 is 11.3 Å². The number of piperidine rings is 1. The van der Waals surface area contributed by atoms with Crippen LogP contribution in [0.15, 0.2) is 35.8 Å². The maximum absolute atomic E-state index is 5.74. The van der Waals surface area contributed by atoms with Crippen molar-refractivity contribution in [3.63, 3.8) is 0 Å². The second kappa shape index (κ2) is 7.90. The molecule has 124 valence electrons. The van der Waals surface area contributed by atoms with Crippen molar-refractivity contribution in [2.24, 2.45) is 5.92 Å². The molecule has 0 saturated carbocycles. The van der Waals surface area contributed by atoms with Crippen molar-refractivity contribution < 1.29 is 9.47 Å². The first-order valence-corrected chi connectivity index (χ1v) is 8.93. The van der Waals surface area contributed by atoms with Gasteiger partial charge in [-0.25, -0.2) is 4.98 Å². The van der Waals surface area contributed by atoms with E-state index in [9.17, 15) is 0 Å². The Morgan fingerprint density at radius 2 is 2.09 bits per heavy atom. The van der Waals surface area contributed by atoms with Gasteiger partial charge in [-0.3, -0.25) is 4.90 Å². The van der Waals surface area contributed by atoms with E-state index >= 15 is 0 Å². The fourth-order valence-corrected chi connectivity index (χ4v) is 3.98. The molecule has 0 bridgehead atoms. The SMILES string of the molecule is COc1ccc(C[C@H]2CN(Cc3nccs3)CC[C@H]2OC)cc1. The van der Waals surface area contributed by atoms with Crippen LogP contribution in [0.1, 0.15) is 17.0 Å². The number of ether oxygens (including phenoxy) is 2. The number of aromatic nitrogens is 1. The zero-order valence-corrected chi connectivity index (χ0v) is 14.6. The Bertz CT molecular complexity index is 586. The van der Waals surface area contributed by atoms with Gasteiger partial charge in [-0.2, -0.15) is 0 Å². The molecule has 0 N–H and O–H groups in total. The highest BCUT2D eigenvalue weighted by atomic mass is 32.1. The standard InChI is InChI=1S/C18H24N2O2S/c1-21-16-5-3-14(4-6-16)11-15-12-20(9-7-17(15)22-2)13-18-19-8-10-23-18/h3-6,8,10,15,17H,7,9,11-13H2,1-2H3/t15-,17+/m0/s1. The monoisotopic (exact) mass is 332 g/mol. The molecule has 2 heterocycles. The summed E-state index contributed by atoms with van der Waals surface area (Å²) in [6, 6.07) is 8.39. The highest BCUT2D eigenvalue weighted by Gasteiger charge is 2.29. The molecular weight excluding hydrogens is 308 g/mol. The lowest BCUT2D eigenvalue weighted by molar-refractivity contribution is -0.00849. The number of methoxy groups -OCH3 is 2. The second-order valence-electron chi connectivity index (χ2n) is 6.04. The van der Waals surface area contributed by atoms with E-state index in [4.69, 9.17) is 9.47 Å². The Kier molecular flexibility index (Phi) is 5.65. The number of hydrogen-bond donors (Lipinski definition) is 0. The lowest BCUT2D eigenvalue weighted by atomic mass is 9.88. The molecule has 23 heavy (non-hydrogen) atoms. The van der Waals surface area contributed by atoms with Crippen LogP contribution in [0, 0.1) is 5.92 Å². The molecule has 0 aliphatic carbocycles. The van der Waals surface area contributed by atoms with E-state index in [-0.39, 0.29) is 0 Å². The molecule has 0 spiro atoms. The third-order valence-electron chi connectivity index (χ3n) is 4.55. The third kappa shape index (κ3) is 4.31. The summed E-state index contributed by atoms with van der Waals surface area (Å²) in [5, 5.41) is 3.25. The molecule has 1 fully saturated rings. The van der Waals surface area contributed by atoms with E-state index in [0.717, 1.165) is 38.2 Å². The molecule has 3 rings (SSSR count). The molecule has 4 nitrogen and oxygen atoms in total. The van der Waals surface area contributed by atoms with Gasteiger partial charge in [0.25, 0.3) is 0 Å².